The average Bonchev–Trinajstić information content (AvgIpc) is 2.53. The van der Waals surface area contributed by atoms with E-state index in [-0.39, 0.29) is 24.4 Å². The van der Waals surface area contributed by atoms with Crippen molar-refractivity contribution in [3.63, 3.8) is 0 Å². The van der Waals surface area contributed by atoms with Crippen molar-refractivity contribution in [1.29, 1.82) is 0 Å². The summed E-state index contributed by atoms with van der Waals surface area (Å²) in [6.45, 7) is 5.29. The minimum absolute atomic E-state index is 0. The fourth-order valence-corrected chi connectivity index (χ4v) is 2.74. The van der Waals surface area contributed by atoms with Gasteiger partial charge in [0.25, 0.3) is 0 Å². The van der Waals surface area contributed by atoms with E-state index in [2.05, 4.69) is 22.8 Å². The molecule has 1 saturated heterocycles. The first-order chi connectivity index (χ1) is 10.3. The normalized spacial score (nSPS) is 19.0. The summed E-state index contributed by atoms with van der Waals surface area (Å²) in [7, 11) is 0. The van der Waals surface area contributed by atoms with E-state index in [0.29, 0.717) is 18.9 Å². The highest BCUT2D eigenvalue weighted by atomic mass is 35.5. The monoisotopic (exact) mass is 326 g/mol. The number of ether oxygens (including phenoxy) is 1. The summed E-state index contributed by atoms with van der Waals surface area (Å²) in [6, 6.07) is 9.84. The maximum absolute atomic E-state index is 12.1. The van der Waals surface area contributed by atoms with Gasteiger partial charge in [0.1, 0.15) is 6.04 Å². The van der Waals surface area contributed by atoms with Crippen LogP contribution in [0.1, 0.15) is 25.3 Å². The Morgan fingerprint density at radius 1 is 1.41 bits per heavy atom. The number of carbonyl (C=O) groups is 1. The van der Waals surface area contributed by atoms with Crippen molar-refractivity contribution in [3.8, 4) is 0 Å². The minimum atomic E-state index is -0.255. The van der Waals surface area contributed by atoms with E-state index in [4.69, 9.17) is 4.74 Å². The lowest BCUT2D eigenvalue weighted by Gasteiger charge is -2.25. The van der Waals surface area contributed by atoms with Gasteiger partial charge < -0.3 is 15.4 Å². The Hall–Kier alpha value is -1.10. The Labute approximate surface area is 139 Å². The van der Waals surface area contributed by atoms with Crippen molar-refractivity contribution in [3.05, 3.63) is 35.9 Å². The van der Waals surface area contributed by atoms with Gasteiger partial charge in [0, 0.05) is 0 Å². The molecule has 124 valence electrons. The summed E-state index contributed by atoms with van der Waals surface area (Å²) in [4.78, 5) is 12.1. The molecule has 4 nitrogen and oxygen atoms in total. The Morgan fingerprint density at radius 2 is 2.18 bits per heavy atom. The number of benzene rings is 1. The van der Waals surface area contributed by atoms with Crippen LogP contribution in [0.5, 0.6) is 0 Å². The number of halogens is 1. The number of hydrogen-bond donors (Lipinski definition) is 2. The van der Waals surface area contributed by atoms with Crippen molar-refractivity contribution in [2.45, 2.75) is 32.2 Å². The van der Waals surface area contributed by atoms with Crippen LogP contribution in [0.4, 0.5) is 0 Å². The second-order valence-electron chi connectivity index (χ2n) is 5.61. The Balaban J connectivity index is 0.00000242. The number of hydrogen-bond acceptors (Lipinski definition) is 4. The fourth-order valence-electron chi connectivity index (χ4n) is 2.74. The highest BCUT2D eigenvalue weighted by Crippen LogP contribution is 2.10. The van der Waals surface area contributed by atoms with Gasteiger partial charge in [-0.1, -0.05) is 30.3 Å². The van der Waals surface area contributed by atoms with E-state index in [1.165, 1.54) is 12.8 Å². The predicted molar refractivity (Wildman–Crippen MR) is 91.4 cm³/mol. The van der Waals surface area contributed by atoms with Crippen molar-refractivity contribution < 1.29 is 9.53 Å². The number of rotatable bonds is 7. The van der Waals surface area contributed by atoms with E-state index in [9.17, 15) is 4.79 Å². The van der Waals surface area contributed by atoms with Gasteiger partial charge in [0.2, 0.25) is 0 Å². The highest BCUT2D eigenvalue weighted by molar-refractivity contribution is 5.85. The molecule has 0 radical (unpaired) electrons. The van der Waals surface area contributed by atoms with Crippen molar-refractivity contribution in [2.24, 2.45) is 5.92 Å². The zero-order valence-electron chi connectivity index (χ0n) is 13.2. The molecular weight excluding hydrogens is 300 g/mol. The molecule has 1 fully saturated rings. The van der Waals surface area contributed by atoms with Crippen LogP contribution in [0.3, 0.4) is 0 Å². The average molecular weight is 327 g/mol. The molecule has 0 amide bonds. The van der Waals surface area contributed by atoms with Crippen molar-refractivity contribution in [1.82, 2.24) is 10.6 Å². The van der Waals surface area contributed by atoms with Crippen molar-refractivity contribution >= 4 is 18.4 Å². The largest absolute Gasteiger partial charge is 0.465 e. The topological polar surface area (TPSA) is 50.4 Å². The lowest BCUT2D eigenvalue weighted by Crippen LogP contribution is -2.44. The molecule has 2 atom stereocenters. The zero-order valence-corrected chi connectivity index (χ0v) is 14.0. The molecule has 1 aromatic carbocycles. The fraction of sp³-hybridized carbons (Fsp3) is 0.588. The van der Waals surface area contributed by atoms with E-state index in [1.54, 1.807) is 0 Å². The molecule has 1 aromatic rings. The molecule has 0 aliphatic carbocycles. The molecule has 0 aromatic heterocycles. The summed E-state index contributed by atoms with van der Waals surface area (Å²) >= 11 is 0. The maximum atomic E-state index is 12.1. The molecule has 2 rings (SSSR count). The molecule has 5 heteroatoms. The van der Waals surface area contributed by atoms with Gasteiger partial charge >= 0.3 is 5.97 Å². The summed E-state index contributed by atoms with van der Waals surface area (Å²) in [5.74, 6) is 0.455. The summed E-state index contributed by atoms with van der Waals surface area (Å²) < 4.78 is 5.20. The lowest BCUT2D eigenvalue weighted by atomic mass is 9.98. The number of piperidine rings is 1. The molecule has 0 saturated carbocycles. The van der Waals surface area contributed by atoms with Crippen LogP contribution < -0.4 is 10.6 Å². The maximum Gasteiger partial charge on any atom is 0.323 e. The second kappa shape index (κ2) is 10.6. The first-order valence-corrected chi connectivity index (χ1v) is 7.94. The van der Waals surface area contributed by atoms with Crippen LogP contribution >= 0.6 is 12.4 Å². The SMILES string of the molecule is CCOC(=O)C(Cc1ccccc1)NCC1CCCNC1.Cl. The number of nitrogens with one attached hydrogen (secondary N) is 2. The van der Waals surface area contributed by atoms with Gasteiger partial charge in [-0.2, -0.15) is 0 Å². The lowest BCUT2D eigenvalue weighted by molar-refractivity contribution is -0.145. The molecule has 22 heavy (non-hydrogen) atoms. The third-order valence-electron chi connectivity index (χ3n) is 3.91. The standard InChI is InChI=1S/C17H26N2O2.ClH/c1-2-21-17(20)16(11-14-7-4-3-5-8-14)19-13-15-9-6-10-18-12-15;/h3-5,7-8,15-16,18-19H,2,6,9-13H2,1H3;1H. The van der Waals surface area contributed by atoms with Crippen LogP contribution in [-0.4, -0.2) is 38.3 Å². The Kier molecular flexibility index (Phi) is 9.13. The van der Waals surface area contributed by atoms with E-state index < -0.39 is 0 Å². The first kappa shape index (κ1) is 18.9. The smallest absolute Gasteiger partial charge is 0.323 e. The van der Waals surface area contributed by atoms with Crippen LogP contribution in [0.25, 0.3) is 0 Å². The van der Waals surface area contributed by atoms with Gasteiger partial charge in [0.05, 0.1) is 6.61 Å². The summed E-state index contributed by atoms with van der Waals surface area (Å²) in [6.07, 6.45) is 3.12. The predicted octanol–water partition coefficient (Wildman–Crippen LogP) is 2.17. The number of esters is 1. The molecular formula is C17H27ClN2O2. The number of carbonyl (C=O) groups excluding carboxylic acids is 1. The zero-order chi connectivity index (χ0) is 14.9. The van der Waals surface area contributed by atoms with Crippen LogP contribution in [-0.2, 0) is 16.0 Å². The molecule has 1 aliphatic heterocycles. The summed E-state index contributed by atoms with van der Waals surface area (Å²) in [5.41, 5.74) is 1.16. The third-order valence-corrected chi connectivity index (χ3v) is 3.91. The Bertz CT molecular complexity index is 422. The van der Waals surface area contributed by atoms with Gasteiger partial charge in [-0.15, -0.1) is 12.4 Å². The molecule has 0 bridgehead atoms. The molecule has 1 aliphatic rings. The Morgan fingerprint density at radius 3 is 2.82 bits per heavy atom. The minimum Gasteiger partial charge on any atom is -0.465 e. The quantitative estimate of drug-likeness (QED) is 0.754. The van der Waals surface area contributed by atoms with Crippen LogP contribution in [0.2, 0.25) is 0 Å². The van der Waals surface area contributed by atoms with Gasteiger partial charge in [0.15, 0.2) is 0 Å². The highest BCUT2D eigenvalue weighted by Gasteiger charge is 2.22. The van der Waals surface area contributed by atoms with Gasteiger partial charge in [-0.05, 0) is 57.3 Å². The molecule has 1 heterocycles. The summed E-state index contributed by atoms with van der Waals surface area (Å²) in [5, 5.41) is 6.81. The molecule has 2 unspecified atom stereocenters. The van der Waals surface area contributed by atoms with Gasteiger partial charge in [-0.25, -0.2) is 0 Å². The van der Waals surface area contributed by atoms with Crippen LogP contribution in [0.15, 0.2) is 30.3 Å². The first-order valence-electron chi connectivity index (χ1n) is 7.94. The van der Waals surface area contributed by atoms with E-state index in [0.717, 1.165) is 25.2 Å². The van der Waals surface area contributed by atoms with Crippen LogP contribution in [0, 0.1) is 5.92 Å². The van der Waals surface area contributed by atoms with E-state index in [1.807, 2.05) is 25.1 Å². The van der Waals surface area contributed by atoms with Gasteiger partial charge in [-0.3, -0.25) is 4.79 Å². The van der Waals surface area contributed by atoms with Crippen molar-refractivity contribution in [2.75, 3.05) is 26.2 Å². The third kappa shape index (κ3) is 6.34. The molecule has 0 spiro atoms. The second-order valence-corrected chi connectivity index (χ2v) is 5.61. The molecule has 2 N–H and O–H groups in total. The van der Waals surface area contributed by atoms with E-state index >= 15 is 0 Å².